The first-order valence-electron chi connectivity index (χ1n) is 5.14. The topological polar surface area (TPSA) is 46.0 Å². The lowest BCUT2D eigenvalue weighted by Crippen LogP contribution is -2.01. The Balaban J connectivity index is 2.32. The molecule has 0 saturated heterocycles. The standard InChI is InChI=1S/C11H18N2O/c1-9(2)4-3-5-11(14)10-8-12-6-7-13-10/h6-9,11,14H,3-5H2,1-2H3. The monoisotopic (exact) mass is 194 g/mol. The highest BCUT2D eigenvalue weighted by Gasteiger charge is 2.08. The molecule has 0 aliphatic heterocycles. The average molecular weight is 194 g/mol. The fourth-order valence-corrected chi connectivity index (χ4v) is 1.35. The number of aromatic nitrogens is 2. The van der Waals surface area contributed by atoms with E-state index in [1.54, 1.807) is 18.6 Å². The Kier molecular flexibility index (Phi) is 4.53. The van der Waals surface area contributed by atoms with E-state index in [9.17, 15) is 5.11 Å². The predicted octanol–water partition coefficient (Wildman–Crippen LogP) is 2.34. The van der Waals surface area contributed by atoms with Crippen LogP contribution in [0, 0.1) is 5.92 Å². The molecule has 0 saturated carbocycles. The molecule has 0 aliphatic carbocycles. The van der Waals surface area contributed by atoms with Gasteiger partial charge in [-0.05, 0) is 12.3 Å². The van der Waals surface area contributed by atoms with Crippen molar-refractivity contribution in [2.75, 3.05) is 0 Å². The van der Waals surface area contributed by atoms with E-state index in [4.69, 9.17) is 0 Å². The minimum Gasteiger partial charge on any atom is -0.387 e. The first-order valence-corrected chi connectivity index (χ1v) is 5.14. The molecule has 1 aromatic rings. The SMILES string of the molecule is CC(C)CCCC(O)c1cnccn1. The van der Waals surface area contributed by atoms with Crippen molar-refractivity contribution in [1.82, 2.24) is 9.97 Å². The third kappa shape index (κ3) is 3.83. The number of aliphatic hydroxyl groups excluding tert-OH is 1. The van der Waals surface area contributed by atoms with Gasteiger partial charge in [0.05, 0.1) is 18.0 Å². The summed E-state index contributed by atoms with van der Waals surface area (Å²) in [4.78, 5) is 7.99. The summed E-state index contributed by atoms with van der Waals surface area (Å²) in [5.74, 6) is 0.698. The second-order valence-electron chi connectivity index (χ2n) is 3.97. The molecular formula is C11H18N2O. The summed E-state index contributed by atoms with van der Waals surface area (Å²) in [6, 6.07) is 0. The van der Waals surface area contributed by atoms with Crippen molar-refractivity contribution >= 4 is 0 Å². The van der Waals surface area contributed by atoms with Crippen LogP contribution < -0.4 is 0 Å². The van der Waals surface area contributed by atoms with Gasteiger partial charge in [0.25, 0.3) is 0 Å². The van der Waals surface area contributed by atoms with Crippen LogP contribution in [0.15, 0.2) is 18.6 Å². The van der Waals surface area contributed by atoms with Crippen LogP contribution in [-0.2, 0) is 0 Å². The molecule has 1 N–H and O–H groups in total. The number of nitrogens with zero attached hydrogens (tertiary/aromatic N) is 2. The number of hydrogen-bond donors (Lipinski definition) is 1. The molecule has 1 rings (SSSR count). The summed E-state index contributed by atoms with van der Waals surface area (Å²) in [6.45, 7) is 4.38. The summed E-state index contributed by atoms with van der Waals surface area (Å²) < 4.78 is 0. The van der Waals surface area contributed by atoms with Gasteiger partial charge in [-0.2, -0.15) is 0 Å². The molecule has 1 heterocycles. The van der Waals surface area contributed by atoms with E-state index in [1.165, 1.54) is 0 Å². The van der Waals surface area contributed by atoms with Crippen molar-refractivity contribution in [1.29, 1.82) is 0 Å². The van der Waals surface area contributed by atoms with Crippen molar-refractivity contribution < 1.29 is 5.11 Å². The molecule has 14 heavy (non-hydrogen) atoms. The molecular weight excluding hydrogens is 176 g/mol. The molecule has 1 unspecified atom stereocenters. The molecule has 78 valence electrons. The number of rotatable bonds is 5. The van der Waals surface area contributed by atoms with Crippen LogP contribution in [0.25, 0.3) is 0 Å². The maximum absolute atomic E-state index is 9.73. The van der Waals surface area contributed by atoms with E-state index in [2.05, 4.69) is 23.8 Å². The van der Waals surface area contributed by atoms with Crippen molar-refractivity contribution in [3.63, 3.8) is 0 Å². The van der Waals surface area contributed by atoms with E-state index < -0.39 is 6.10 Å². The Labute approximate surface area is 85.2 Å². The van der Waals surface area contributed by atoms with Crippen LogP contribution in [0.2, 0.25) is 0 Å². The molecule has 1 aromatic heterocycles. The van der Waals surface area contributed by atoms with Crippen LogP contribution in [0.4, 0.5) is 0 Å². The van der Waals surface area contributed by atoms with Crippen LogP contribution in [-0.4, -0.2) is 15.1 Å². The lowest BCUT2D eigenvalue weighted by molar-refractivity contribution is 0.157. The van der Waals surface area contributed by atoms with Crippen molar-refractivity contribution in [3.05, 3.63) is 24.3 Å². The second kappa shape index (κ2) is 5.70. The van der Waals surface area contributed by atoms with E-state index in [0.717, 1.165) is 19.3 Å². The zero-order valence-corrected chi connectivity index (χ0v) is 8.85. The summed E-state index contributed by atoms with van der Waals surface area (Å²) >= 11 is 0. The van der Waals surface area contributed by atoms with Crippen LogP contribution in [0.5, 0.6) is 0 Å². The molecule has 0 bridgehead atoms. The lowest BCUT2D eigenvalue weighted by atomic mass is 10.0. The zero-order chi connectivity index (χ0) is 10.4. The minimum absolute atomic E-state index is 0.456. The van der Waals surface area contributed by atoms with E-state index in [1.807, 2.05) is 0 Å². The highest BCUT2D eigenvalue weighted by molar-refractivity contribution is 4.98. The Morgan fingerprint density at radius 2 is 2.07 bits per heavy atom. The first kappa shape index (κ1) is 11.1. The van der Waals surface area contributed by atoms with Crippen LogP contribution in [0.1, 0.15) is 44.9 Å². The summed E-state index contributed by atoms with van der Waals surface area (Å²) in [7, 11) is 0. The van der Waals surface area contributed by atoms with Gasteiger partial charge in [-0.25, -0.2) is 0 Å². The third-order valence-electron chi connectivity index (χ3n) is 2.18. The Morgan fingerprint density at radius 1 is 1.29 bits per heavy atom. The highest BCUT2D eigenvalue weighted by atomic mass is 16.3. The number of hydrogen-bond acceptors (Lipinski definition) is 3. The van der Waals surface area contributed by atoms with Gasteiger partial charge >= 0.3 is 0 Å². The summed E-state index contributed by atoms with van der Waals surface area (Å²) in [5, 5.41) is 9.73. The average Bonchev–Trinajstić information content (AvgIpc) is 2.18. The normalized spacial score (nSPS) is 13.1. The molecule has 0 aliphatic rings. The van der Waals surface area contributed by atoms with Gasteiger partial charge < -0.3 is 5.11 Å². The van der Waals surface area contributed by atoms with Crippen molar-refractivity contribution in [2.24, 2.45) is 5.92 Å². The summed E-state index contributed by atoms with van der Waals surface area (Å²) in [5.41, 5.74) is 0.677. The maximum atomic E-state index is 9.73. The predicted molar refractivity (Wildman–Crippen MR) is 55.7 cm³/mol. The fraction of sp³-hybridized carbons (Fsp3) is 0.636. The van der Waals surface area contributed by atoms with E-state index in [0.29, 0.717) is 11.6 Å². The zero-order valence-electron chi connectivity index (χ0n) is 8.85. The fourth-order valence-electron chi connectivity index (χ4n) is 1.35. The Bertz CT molecular complexity index is 249. The summed E-state index contributed by atoms with van der Waals surface area (Å²) in [6.07, 6.45) is 7.36. The van der Waals surface area contributed by atoms with Gasteiger partial charge in [0.15, 0.2) is 0 Å². The third-order valence-corrected chi connectivity index (χ3v) is 2.18. The molecule has 0 radical (unpaired) electrons. The highest BCUT2D eigenvalue weighted by Crippen LogP contribution is 2.17. The molecule has 3 nitrogen and oxygen atoms in total. The Morgan fingerprint density at radius 3 is 2.64 bits per heavy atom. The van der Waals surface area contributed by atoms with Gasteiger partial charge in [0.1, 0.15) is 0 Å². The van der Waals surface area contributed by atoms with Crippen LogP contribution in [0.3, 0.4) is 0 Å². The van der Waals surface area contributed by atoms with E-state index >= 15 is 0 Å². The smallest absolute Gasteiger partial charge is 0.0975 e. The largest absolute Gasteiger partial charge is 0.387 e. The van der Waals surface area contributed by atoms with Crippen molar-refractivity contribution in [2.45, 2.75) is 39.2 Å². The van der Waals surface area contributed by atoms with Gasteiger partial charge in [-0.1, -0.05) is 26.7 Å². The molecule has 0 amide bonds. The molecule has 0 aromatic carbocycles. The molecule has 0 spiro atoms. The minimum atomic E-state index is -0.456. The molecule has 1 atom stereocenters. The number of aliphatic hydroxyl groups is 1. The van der Waals surface area contributed by atoms with Crippen LogP contribution >= 0.6 is 0 Å². The van der Waals surface area contributed by atoms with Gasteiger partial charge in [0, 0.05) is 12.4 Å². The molecule has 3 heteroatoms. The quantitative estimate of drug-likeness (QED) is 0.782. The van der Waals surface area contributed by atoms with Gasteiger partial charge in [-0.3, -0.25) is 9.97 Å². The van der Waals surface area contributed by atoms with Crippen molar-refractivity contribution in [3.8, 4) is 0 Å². The molecule has 0 fully saturated rings. The Hall–Kier alpha value is -0.960. The van der Waals surface area contributed by atoms with Gasteiger partial charge in [0.2, 0.25) is 0 Å². The maximum Gasteiger partial charge on any atom is 0.0975 e. The second-order valence-corrected chi connectivity index (χ2v) is 3.97. The lowest BCUT2D eigenvalue weighted by Gasteiger charge is -2.09. The van der Waals surface area contributed by atoms with E-state index in [-0.39, 0.29) is 0 Å². The first-order chi connectivity index (χ1) is 6.70. The van der Waals surface area contributed by atoms with Gasteiger partial charge in [-0.15, -0.1) is 0 Å².